The highest BCUT2D eigenvalue weighted by Crippen LogP contribution is 2.19. The molecule has 1 heterocycles. The summed E-state index contributed by atoms with van der Waals surface area (Å²) in [6.07, 6.45) is 1.57. The maximum Gasteiger partial charge on any atom is 0.252 e. The molecule has 2 rings (SSSR count). The second-order valence-electron chi connectivity index (χ2n) is 3.88. The molecule has 0 saturated carbocycles. The number of halogens is 1. The van der Waals surface area contributed by atoms with Crippen LogP contribution in [0.4, 0.5) is 10.1 Å². The summed E-state index contributed by atoms with van der Waals surface area (Å²) in [5.74, 6) is 0.175. The van der Waals surface area contributed by atoms with Crippen molar-refractivity contribution in [3.8, 4) is 5.75 Å². The number of methoxy groups -OCH3 is 1. The van der Waals surface area contributed by atoms with Crippen LogP contribution < -0.4 is 16.0 Å². The van der Waals surface area contributed by atoms with Gasteiger partial charge in [-0.1, -0.05) is 0 Å². The van der Waals surface area contributed by atoms with Gasteiger partial charge in [0.1, 0.15) is 11.6 Å². The van der Waals surface area contributed by atoms with Gasteiger partial charge in [0, 0.05) is 23.5 Å². The maximum atomic E-state index is 13.2. The summed E-state index contributed by atoms with van der Waals surface area (Å²) < 4.78 is 19.8. The van der Waals surface area contributed by atoms with Gasteiger partial charge in [0.25, 0.3) is 5.56 Å². The summed E-state index contributed by atoms with van der Waals surface area (Å²) in [6.45, 7) is 0.236. The van der Waals surface area contributed by atoms with Gasteiger partial charge in [0.05, 0.1) is 13.7 Å². The third-order valence-corrected chi connectivity index (χ3v) is 2.60. The fourth-order valence-electron chi connectivity index (χ4n) is 1.71. The van der Waals surface area contributed by atoms with Crippen molar-refractivity contribution in [2.45, 2.75) is 6.54 Å². The molecule has 0 fully saturated rings. The van der Waals surface area contributed by atoms with Crippen LogP contribution in [0, 0.1) is 5.82 Å². The predicted molar refractivity (Wildman–Crippen MR) is 67.2 cm³/mol. The molecule has 1 aromatic heterocycles. The summed E-state index contributed by atoms with van der Waals surface area (Å²) in [5.41, 5.74) is 6.27. The van der Waals surface area contributed by atoms with E-state index in [9.17, 15) is 9.18 Å². The van der Waals surface area contributed by atoms with Crippen molar-refractivity contribution in [2.24, 2.45) is 0 Å². The zero-order valence-electron chi connectivity index (χ0n) is 9.89. The Bertz CT molecular complexity index is 623. The molecule has 0 aliphatic heterocycles. The van der Waals surface area contributed by atoms with Crippen molar-refractivity contribution in [1.82, 2.24) is 4.57 Å². The molecule has 0 aliphatic rings. The van der Waals surface area contributed by atoms with Gasteiger partial charge >= 0.3 is 0 Å². The number of nitrogen functional groups attached to an aromatic ring is 1. The van der Waals surface area contributed by atoms with Gasteiger partial charge in [-0.3, -0.25) is 4.79 Å². The zero-order chi connectivity index (χ0) is 13.1. The Balaban J connectivity index is 2.39. The van der Waals surface area contributed by atoms with Gasteiger partial charge in [-0.15, -0.1) is 0 Å². The number of nitrogens with zero attached hydrogens (tertiary/aromatic N) is 1. The molecule has 1 aromatic carbocycles. The summed E-state index contributed by atoms with van der Waals surface area (Å²) in [4.78, 5) is 11.7. The number of pyridine rings is 1. The van der Waals surface area contributed by atoms with Crippen LogP contribution in [0.1, 0.15) is 5.56 Å². The van der Waals surface area contributed by atoms with Crippen LogP contribution in [0.5, 0.6) is 5.75 Å². The van der Waals surface area contributed by atoms with E-state index in [1.54, 1.807) is 12.3 Å². The third kappa shape index (κ3) is 2.51. The lowest BCUT2D eigenvalue weighted by Crippen LogP contribution is -2.19. The Labute approximate surface area is 103 Å². The molecule has 0 atom stereocenters. The van der Waals surface area contributed by atoms with E-state index in [4.69, 9.17) is 10.5 Å². The highest BCUT2D eigenvalue weighted by molar-refractivity contribution is 5.36. The van der Waals surface area contributed by atoms with Crippen LogP contribution in [0.3, 0.4) is 0 Å². The van der Waals surface area contributed by atoms with Crippen LogP contribution in [0.15, 0.2) is 41.3 Å². The van der Waals surface area contributed by atoms with Crippen LogP contribution in [-0.4, -0.2) is 11.7 Å². The monoisotopic (exact) mass is 248 g/mol. The SMILES string of the molecule is COc1ccc(F)cc1Cn1ccc(N)cc1=O. The molecule has 0 unspecified atom stereocenters. The summed E-state index contributed by atoms with van der Waals surface area (Å²) in [5, 5.41) is 0. The first kappa shape index (κ1) is 12.2. The molecule has 94 valence electrons. The molecule has 0 saturated heterocycles. The summed E-state index contributed by atoms with van der Waals surface area (Å²) in [6, 6.07) is 7.14. The molecule has 0 spiro atoms. The second kappa shape index (κ2) is 4.91. The van der Waals surface area contributed by atoms with E-state index >= 15 is 0 Å². The minimum absolute atomic E-state index is 0.235. The number of aromatic nitrogens is 1. The molecule has 4 nitrogen and oxygen atoms in total. The number of rotatable bonds is 3. The Hall–Kier alpha value is -2.30. The van der Waals surface area contributed by atoms with Gasteiger partial charge in [-0.2, -0.15) is 0 Å². The van der Waals surface area contributed by atoms with E-state index in [1.165, 1.54) is 35.9 Å². The van der Waals surface area contributed by atoms with E-state index in [1.807, 2.05) is 0 Å². The minimum atomic E-state index is -0.366. The van der Waals surface area contributed by atoms with E-state index in [2.05, 4.69) is 0 Å². The molecule has 0 radical (unpaired) electrons. The number of nitrogens with two attached hydrogens (primary N) is 1. The quantitative estimate of drug-likeness (QED) is 0.898. The van der Waals surface area contributed by atoms with E-state index < -0.39 is 0 Å². The molecule has 18 heavy (non-hydrogen) atoms. The van der Waals surface area contributed by atoms with Crippen molar-refractivity contribution < 1.29 is 9.13 Å². The maximum absolute atomic E-state index is 13.2. The fraction of sp³-hybridized carbons (Fsp3) is 0.154. The van der Waals surface area contributed by atoms with Crippen molar-refractivity contribution in [2.75, 3.05) is 12.8 Å². The van der Waals surface area contributed by atoms with Gasteiger partial charge in [-0.05, 0) is 24.3 Å². The molecular weight excluding hydrogens is 235 g/mol. The van der Waals surface area contributed by atoms with Gasteiger partial charge < -0.3 is 15.0 Å². The van der Waals surface area contributed by atoms with Crippen LogP contribution >= 0.6 is 0 Å². The number of hydrogen-bond donors (Lipinski definition) is 1. The fourth-order valence-corrected chi connectivity index (χ4v) is 1.71. The highest BCUT2D eigenvalue weighted by Gasteiger charge is 2.06. The number of hydrogen-bond acceptors (Lipinski definition) is 3. The average molecular weight is 248 g/mol. The van der Waals surface area contributed by atoms with Gasteiger partial charge in [-0.25, -0.2) is 4.39 Å². The highest BCUT2D eigenvalue weighted by atomic mass is 19.1. The van der Waals surface area contributed by atoms with Gasteiger partial charge in [0.2, 0.25) is 0 Å². The summed E-state index contributed by atoms with van der Waals surface area (Å²) >= 11 is 0. The first-order valence-electron chi connectivity index (χ1n) is 5.38. The standard InChI is InChI=1S/C13H13FN2O2/c1-18-12-3-2-10(14)6-9(12)8-16-5-4-11(15)7-13(16)17/h2-7H,8,15H2,1H3. The lowest BCUT2D eigenvalue weighted by Gasteiger charge is -2.10. The van der Waals surface area contributed by atoms with Gasteiger partial charge in [0.15, 0.2) is 0 Å². The van der Waals surface area contributed by atoms with E-state index in [-0.39, 0.29) is 17.9 Å². The van der Waals surface area contributed by atoms with Crippen molar-refractivity contribution in [1.29, 1.82) is 0 Å². The third-order valence-electron chi connectivity index (χ3n) is 2.60. The van der Waals surface area contributed by atoms with Crippen LogP contribution in [-0.2, 0) is 6.54 Å². The largest absolute Gasteiger partial charge is 0.496 e. The summed E-state index contributed by atoms with van der Waals surface area (Å²) in [7, 11) is 1.50. The van der Waals surface area contributed by atoms with Crippen LogP contribution in [0.25, 0.3) is 0 Å². The minimum Gasteiger partial charge on any atom is -0.496 e. The van der Waals surface area contributed by atoms with Crippen LogP contribution in [0.2, 0.25) is 0 Å². The topological polar surface area (TPSA) is 57.2 Å². The zero-order valence-corrected chi connectivity index (χ0v) is 9.89. The van der Waals surface area contributed by atoms with E-state index in [0.29, 0.717) is 17.0 Å². The Morgan fingerprint density at radius 2 is 2.11 bits per heavy atom. The van der Waals surface area contributed by atoms with Crippen molar-refractivity contribution in [3.05, 3.63) is 58.3 Å². The molecule has 0 bridgehead atoms. The molecule has 0 aliphatic carbocycles. The molecule has 2 aromatic rings. The first-order valence-corrected chi connectivity index (χ1v) is 5.38. The lowest BCUT2D eigenvalue weighted by molar-refractivity contribution is 0.406. The average Bonchev–Trinajstić information content (AvgIpc) is 2.33. The predicted octanol–water partition coefficient (Wildman–Crippen LogP) is 1.63. The van der Waals surface area contributed by atoms with Crippen molar-refractivity contribution in [3.63, 3.8) is 0 Å². The number of benzene rings is 1. The molecule has 2 N–H and O–H groups in total. The Morgan fingerprint density at radius 1 is 1.33 bits per heavy atom. The molecule has 0 amide bonds. The smallest absolute Gasteiger partial charge is 0.252 e. The Kier molecular flexibility index (Phi) is 3.32. The van der Waals surface area contributed by atoms with E-state index in [0.717, 1.165) is 0 Å². The number of anilines is 1. The van der Waals surface area contributed by atoms with Crippen molar-refractivity contribution >= 4 is 5.69 Å². The second-order valence-corrected chi connectivity index (χ2v) is 3.88. The number of ether oxygens (including phenoxy) is 1. The molecular formula is C13H13FN2O2. The lowest BCUT2D eigenvalue weighted by atomic mass is 10.2. The molecule has 5 heteroatoms. The first-order chi connectivity index (χ1) is 8.60. The normalized spacial score (nSPS) is 10.3. The Morgan fingerprint density at radius 3 is 2.78 bits per heavy atom.